The highest BCUT2D eigenvalue weighted by Crippen LogP contribution is 2.44. The number of nitrogens with one attached hydrogen (secondary N) is 1. The number of fused-ring (bicyclic) bond motifs is 1. The summed E-state index contributed by atoms with van der Waals surface area (Å²) in [5.74, 6) is 0. The first kappa shape index (κ1) is 8.73. The maximum Gasteiger partial charge on any atom is 0.0625 e. The van der Waals surface area contributed by atoms with Gasteiger partial charge in [-0.3, -0.25) is 0 Å². The molecule has 0 bridgehead atoms. The molecule has 0 amide bonds. The molecule has 1 aliphatic carbocycles. The van der Waals surface area contributed by atoms with Gasteiger partial charge in [-0.05, 0) is 23.0 Å². The molecule has 0 spiro atoms. The van der Waals surface area contributed by atoms with Crippen LogP contribution in [0.3, 0.4) is 0 Å². The van der Waals surface area contributed by atoms with Crippen molar-refractivity contribution >= 4 is 0 Å². The zero-order valence-corrected chi connectivity index (χ0v) is 8.04. The smallest absolute Gasteiger partial charge is 0.0625 e. The van der Waals surface area contributed by atoms with Crippen molar-refractivity contribution in [3.8, 4) is 0 Å². The van der Waals surface area contributed by atoms with Crippen LogP contribution in [0.15, 0.2) is 24.3 Å². The molecular weight excluding hydrogens is 162 g/mol. The number of hydroxylamine groups is 1. The fourth-order valence-corrected chi connectivity index (χ4v) is 2.23. The summed E-state index contributed by atoms with van der Waals surface area (Å²) in [6.07, 6.45) is 1.03. The Balaban J connectivity index is 2.46. The van der Waals surface area contributed by atoms with Crippen molar-refractivity contribution in [3.63, 3.8) is 0 Å². The summed E-state index contributed by atoms with van der Waals surface area (Å²) >= 11 is 0. The Bertz CT molecular complexity index is 320. The van der Waals surface area contributed by atoms with Crippen LogP contribution < -0.4 is 5.48 Å². The average Bonchev–Trinajstić information content (AvgIpc) is 2.33. The lowest BCUT2D eigenvalue weighted by Crippen LogP contribution is -2.28. The molecule has 0 fully saturated rings. The van der Waals surface area contributed by atoms with Gasteiger partial charge in [-0.25, -0.2) is 0 Å². The van der Waals surface area contributed by atoms with Crippen LogP contribution in [0, 0.1) is 5.41 Å². The lowest BCUT2D eigenvalue weighted by molar-refractivity contribution is 0.0740. The molecule has 2 nitrogen and oxygen atoms in total. The molecule has 13 heavy (non-hydrogen) atoms. The van der Waals surface area contributed by atoms with Crippen LogP contribution in [0.2, 0.25) is 0 Å². The molecule has 2 heteroatoms. The highest BCUT2D eigenvalue weighted by atomic mass is 16.5. The third-order valence-electron chi connectivity index (χ3n) is 2.92. The topological polar surface area (TPSA) is 32.3 Å². The van der Waals surface area contributed by atoms with E-state index in [2.05, 4.69) is 37.5 Å². The summed E-state index contributed by atoms with van der Waals surface area (Å²) in [6.45, 7) is 4.34. The minimum atomic E-state index is 0.0729. The first-order valence-corrected chi connectivity index (χ1v) is 4.62. The monoisotopic (exact) mass is 177 g/mol. The zero-order valence-electron chi connectivity index (χ0n) is 8.04. The molecule has 0 aromatic heterocycles. The van der Waals surface area contributed by atoms with Gasteiger partial charge in [0.1, 0.15) is 0 Å². The molecule has 0 radical (unpaired) electrons. The molecule has 0 saturated heterocycles. The van der Waals surface area contributed by atoms with E-state index in [1.807, 2.05) is 6.07 Å². The minimum Gasteiger partial charge on any atom is -0.316 e. The maximum atomic E-state index is 9.10. The van der Waals surface area contributed by atoms with E-state index in [1.54, 1.807) is 0 Å². The summed E-state index contributed by atoms with van der Waals surface area (Å²) in [5.41, 5.74) is 5.10. The SMILES string of the molecule is CC1(C)Cc2ccccc2C1NO. The van der Waals surface area contributed by atoms with Crippen molar-refractivity contribution in [1.29, 1.82) is 0 Å². The predicted octanol–water partition coefficient (Wildman–Crippen LogP) is 2.29. The van der Waals surface area contributed by atoms with E-state index in [9.17, 15) is 0 Å². The Kier molecular flexibility index (Phi) is 1.90. The third-order valence-corrected chi connectivity index (χ3v) is 2.92. The molecule has 1 unspecified atom stereocenters. The Morgan fingerprint density at radius 3 is 2.77 bits per heavy atom. The highest BCUT2D eigenvalue weighted by Gasteiger charge is 2.38. The summed E-state index contributed by atoms with van der Waals surface area (Å²) in [6, 6.07) is 8.36. The van der Waals surface area contributed by atoms with E-state index >= 15 is 0 Å². The number of benzene rings is 1. The van der Waals surface area contributed by atoms with Crippen LogP contribution in [0.5, 0.6) is 0 Å². The molecule has 2 N–H and O–H groups in total. The first-order chi connectivity index (χ1) is 6.15. The van der Waals surface area contributed by atoms with E-state index in [4.69, 9.17) is 5.21 Å². The molecule has 70 valence electrons. The Morgan fingerprint density at radius 2 is 2.08 bits per heavy atom. The Hall–Kier alpha value is -0.860. The second-order valence-electron chi connectivity index (χ2n) is 4.43. The largest absolute Gasteiger partial charge is 0.316 e. The molecule has 2 rings (SSSR count). The lowest BCUT2D eigenvalue weighted by Gasteiger charge is -2.25. The van der Waals surface area contributed by atoms with E-state index in [0.29, 0.717) is 0 Å². The molecule has 0 heterocycles. The van der Waals surface area contributed by atoms with Crippen molar-refractivity contribution in [1.82, 2.24) is 5.48 Å². The lowest BCUT2D eigenvalue weighted by atomic mass is 9.86. The van der Waals surface area contributed by atoms with Crippen LogP contribution in [-0.4, -0.2) is 5.21 Å². The normalized spacial score (nSPS) is 24.4. The van der Waals surface area contributed by atoms with E-state index in [0.717, 1.165) is 6.42 Å². The van der Waals surface area contributed by atoms with Crippen molar-refractivity contribution < 1.29 is 5.21 Å². The van der Waals surface area contributed by atoms with Crippen LogP contribution in [-0.2, 0) is 6.42 Å². The molecule has 1 aromatic carbocycles. The van der Waals surface area contributed by atoms with Gasteiger partial charge in [-0.15, -0.1) is 0 Å². The van der Waals surface area contributed by atoms with Crippen molar-refractivity contribution in [2.45, 2.75) is 26.3 Å². The van der Waals surface area contributed by atoms with E-state index in [1.165, 1.54) is 11.1 Å². The molecule has 1 aromatic rings. The van der Waals surface area contributed by atoms with Gasteiger partial charge < -0.3 is 5.21 Å². The Morgan fingerprint density at radius 1 is 1.38 bits per heavy atom. The minimum absolute atomic E-state index is 0.0729. The molecular formula is C11H15NO. The summed E-state index contributed by atoms with van der Waals surface area (Å²) in [4.78, 5) is 0. The second-order valence-corrected chi connectivity index (χ2v) is 4.43. The predicted molar refractivity (Wildman–Crippen MR) is 51.6 cm³/mol. The molecule has 1 atom stereocenters. The van der Waals surface area contributed by atoms with Crippen LogP contribution in [0.1, 0.15) is 31.0 Å². The quantitative estimate of drug-likeness (QED) is 0.645. The average molecular weight is 177 g/mol. The number of rotatable bonds is 1. The molecule has 0 saturated carbocycles. The summed E-state index contributed by atoms with van der Waals surface area (Å²) < 4.78 is 0. The van der Waals surface area contributed by atoms with Crippen molar-refractivity contribution in [2.24, 2.45) is 5.41 Å². The van der Waals surface area contributed by atoms with Gasteiger partial charge in [0.2, 0.25) is 0 Å². The molecule has 1 aliphatic rings. The maximum absolute atomic E-state index is 9.10. The number of hydrogen-bond acceptors (Lipinski definition) is 2. The molecule has 0 aliphatic heterocycles. The van der Waals surface area contributed by atoms with Gasteiger partial charge in [0.05, 0.1) is 6.04 Å². The van der Waals surface area contributed by atoms with Gasteiger partial charge in [0, 0.05) is 0 Å². The van der Waals surface area contributed by atoms with Gasteiger partial charge in [0.25, 0.3) is 0 Å². The van der Waals surface area contributed by atoms with Crippen LogP contribution in [0.4, 0.5) is 0 Å². The first-order valence-electron chi connectivity index (χ1n) is 4.62. The van der Waals surface area contributed by atoms with Gasteiger partial charge >= 0.3 is 0 Å². The summed E-state index contributed by atoms with van der Waals surface area (Å²) in [5, 5.41) is 9.10. The fraction of sp³-hybridized carbons (Fsp3) is 0.455. The Labute approximate surface area is 78.5 Å². The summed E-state index contributed by atoms with van der Waals surface area (Å²) in [7, 11) is 0. The zero-order chi connectivity index (χ0) is 9.47. The second kappa shape index (κ2) is 2.82. The van der Waals surface area contributed by atoms with Gasteiger partial charge in [-0.1, -0.05) is 38.1 Å². The van der Waals surface area contributed by atoms with Crippen molar-refractivity contribution in [2.75, 3.05) is 0 Å². The highest BCUT2D eigenvalue weighted by molar-refractivity contribution is 5.37. The fourth-order valence-electron chi connectivity index (χ4n) is 2.23. The number of hydrogen-bond donors (Lipinski definition) is 2. The van der Waals surface area contributed by atoms with Crippen LogP contribution >= 0.6 is 0 Å². The van der Waals surface area contributed by atoms with E-state index in [-0.39, 0.29) is 11.5 Å². The van der Waals surface area contributed by atoms with Crippen molar-refractivity contribution in [3.05, 3.63) is 35.4 Å². The standard InChI is InChI=1S/C11H15NO/c1-11(2)7-8-5-3-4-6-9(8)10(11)12-13/h3-6,10,12-13H,7H2,1-2H3. The van der Waals surface area contributed by atoms with Gasteiger partial charge in [-0.2, -0.15) is 5.48 Å². The van der Waals surface area contributed by atoms with Crippen LogP contribution in [0.25, 0.3) is 0 Å². The third kappa shape index (κ3) is 1.26. The van der Waals surface area contributed by atoms with E-state index < -0.39 is 0 Å². The van der Waals surface area contributed by atoms with Gasteiger partial charge in [0.15, 0.2) is 0 Å².